The molecule has 0 aliphatic carbocycles. The minimum absolute atomic E-state index is 0. The average molecular weight is 517 g/mol. The zero-order valence-corrected chi connectivity index (χ0v) is 19.5. The van der Waals surface area contributed by atoms with E-state index in [1.165, 1.54) is 5.56 Å². The molecule has 1 heterocycles. The van der Waals surface area contributed by atoms with Crippen molar-refractivity contribution in [3.8, 4) is 6.07 Å². The van der Waals surface area contributed by atoms with Crippen LogP contribution >= 0.6 is 24.0 Å². The Labute approximate surface area is 195 Å². The number of rotatable bonds is 7. The Kier molecular flexibility index (Phi) is 9.61. The van der Waals surface area contributed by atoms with Crippen molar-refractivity contribution in [2.75, 3.05) is 26.7 Å². The molecule has 1 fully saturated rings. The molecule has 2 aromatic carbocycles. The van der Waals surface area contributed by atoms with Crippen molar-refractivity contribution < 1.29 is 4.79 Å². The third-order valence-electron chi connectivity index (χ3n) is 5.11. The van der Waals surface area contributed by atoms with Crippen molar-refractivity contribution in [3.63, 3.8) is 0 Å². The quantitative estimate of drug-likeness (QED) is 0.336. The molecule has 158 valence electrons. The molecule has 1 aliphatic rings. The van der Waals surface area contributed by atoms with E-state index in [-0.39, 0.29) is 35.8 Å². The average Bonchev–Trinajstić information content (AvgIpc) is 3.12. The van der Waals surface area contributed by atoms with E-state index >= 15 is 0 Å². The van der Waals surface area contributed by atoms with E-state index in [4.69, 9.17) is 5.26 Å². The number of amides is 1. The van der Waals surface area contributed by atoms with Crippen LogP contribution in [0.2, 0.25) is 0 Å². The Morgan fingerprint density at radius 3 is 2.67 bits per heavy atom. The lowest BCUT2D eigenvalue weighted by molar-refractivity contribution is -0.127. The summed E-state index contributed by atoms with van der Waals surface area (Å²) in [4.78, 5) is 18.5. The number of benzene rings is 2. The summed E-state index contributed by atoms with van der Waals surface area (Å²) in [6, 6.07) is 19.9. The molecule has 0 bridgehead atoms. The second-order valence-corrected chi connectivity index (χ2v) is 7.26. The van der Waals surface area contributed by atoms with Gasteiger partial charge in [-0.05, 0) is 29.7 Å². The maximum atomic E-state index is 12.3. The number of aliphatic imine (C=N–C) groups is 1. The van der Waals surface area contributed by atoms with E-state index in [0.717, 1.165) is 25.1 Å². The first-order chi connectivity index (χ1) is 14.2. The van der Waals surface area contributed by atoms with Crippen molar-refractivity contribution >= 4 is 35.8 Å². The molecular weight excluding hydrogens is 489 g/mol. The first-order valence-electron chi connectivity index (χ1n) is 9.93. The van der Waals surface area contributed by atoms with Gasteiger partial charge in [0.1, 0.15) is 0 Å². The fourth-order valence-electron chi connectivity index (χ4n) is 3.51. The maximum Gasteiger partial charge on any atom is 0.223 e. The molecule has 0 radical (unpaired) electrons. The number of nitrogens with zero attached hydrogens (tertiary/aromatic N) is 3. The number of hydrogen-bond acceptors (Lipinski definition) is 3. The van der Waals surface area contributed by atoms with Gasteiger partial charge in [-0.25, -0.2) is 0 Å². The molecule has 6 nitrogen and oxygen atoms in total. The summed E-state index contributed by atoms with van der Waals surface area (Å²) < 4.78 is 0. The molecule has 1 unspecified atom stereocenters. The Bertz CT molecular complexity index is 894. The van der Waals surface area contributed by atoms with Crippen LogP contribution in [0, 0.1) is 17.2 Å². The predicted octanol–water partition coefficient (Wildman–Crippen LogP) is 2.93. The van der Waals surface area contributed by atoms with E-state index in [9.17, 15) is 4.79 Å². The lowest BCUT2D eigenvalue weighted by Crippen LogP contribution is -2.40. The highest BCUT2D eigenvalue weighted by Gasteiger charge is 2.29. The van der Waals surface area contributed by atoms with Gasteiger partial charge >= 0.3 is 0 Å². The molecule has 7 heteroatoms. The van der Waals surface area contributed by atoms with Crippen LogP contribution in [0.1, 0.15) is 23.1 Å². The third-order valence-corrected chi connectivity index (χ3v) is 5.11. The van der Waals surface area contributed by atoms with E-state index in [2.05, 4.69) is 33.8 Å². The minimum Gasteiger partial charge on any atom is -0.356 e. The van der Waals surface area contributed by atoms with Gasteiger partial charge in [-0.2, -0.15) is 5.26 Å². The van der Waals surface area contributed by atoms with Crippen LogP contribution < -0.4 is 10.6 Å². The van der Waals surface area contributed by atoms with E-state index in [1.807, 2.05) is 41.3 Å². The summed E-state index contributed by atoms with van der Waals surface area (Å²) in [5, 5.41) is 15.6. The zero-order chi connectivity index (χ0) is 20.5. The molecule has 0 saturated carbocycles. The number of halogens is 1. The van der Waals surface area contributed by atoms with Crippen molar-refractivity contribution in [3.05, 3.63) is 71.3 Å². The van der Waals surface area contributed by atoms with Gasteiger partial charge in [0.25, 0.3) is 0 Å². The smallest absolute Gasteiger partial charge is 0.223 e. The molecule has 2 N–H and O–H groups in total. The lowest BCUT2D eigenvalue weighted by Gasteiger charge is -2.18. The molecule has 3 rings (SSSR count). The van der Waals surface area contributed by atoms with Gasteiger partial charge in [-0.15, -0.1) is 24.0 Å². The number of nitriles is 1. The van der Waals surface area contributed by atoms with Crippen LogP contribution in [0.15, 0.2) is 59.6 Å². The van der Waals surface area contributed by atoms with Crippen LogP contribution in [-0.2, 0) is 17.8 Å². The van der Waals surface area contributed by atoms with Gasteiger partial charge in [0.05, 0.1) is 11.6 Å². The number of carbonyl (C=O) groups excluding carboxylic acids is 1. The van der Waals surface area contributed by atoms with Gasteiger partial charge in [-0.1, -0.05) is 42.5 Å². The normalized spacial score (nSPS) is 16.0. The fourth-order valence-corrected chi connectivity index (χ4v) is 3.51. The Morgan fingerprint density at radius 2 is 1.93 bits per heavy atom. The third kappa shape index (κ3) is 7.02. The molecule has 1 saturated heterocycles. The van der Waals surface area contributed by atoms with Crippen molar-refractivity contribution in [2.45, 2.75) is 19.4 Å². The number of guanidine groups is 1. The van der Waals surface area contributed by atoms with Gasteiger partial charge < -0.3 is 15.5 Å². The van der Waals surface area contributed by atoms with Crippen LogP contribution in [0.4, 0.5) is 0 Å². The zero-order valence-electron chi connectivity index (χ0n) is 17.2. The second kappa shape index (κ2) is 12.2. The highest BCUT2D eigenvalue weighted by atomic mass is 127. The van der Waals surface area contributed by atoms with Crippen molar-refractivity contribution in [1.82, 2.24) is 15.5 Å². The summed E-state index contributed by atoms with van der Waals surface area (Å²) in [5.74, 6) is 1.20. The summed E-state index contributed by atoms with van der Waals surface area (Å²) in [7, 11) is 1.73. The summed E-state index contributed by atoms with van der Waals surface area (Å²) in [5.41, 5.74) is 2.93. The lowest BCUT2D eigenvalue weighted by atomic mass is 10.1. The van der Waals surface area contributed by atoms with Gasteiger partial charge in [0.15, 0.2) is 5.96 Å². The second-order valence-electron chi connectivity index (χ2n) is 7.26. The number of hydrogen-bond donors (Lipinski definition) is 2. The Balaban J connectivity index is 0.00000320. The number of likely N-dealkylation sites (tertiary alicyclic amines) is 1. The molecule has 1 aliphatic heterocycles. The van der Waals surface area contributed by atoms with Crippen LogP contribution in [0.3, 0.4) is 0 Å². The SMILES string of the molecule is CN=C(NCc1cccc(C#N)c1)NCC1CC(=O)N(CCc2ccccc2)C1.I. The molecule has 0 aromatic heterocycles. The van der Waals surface area contributed by atoms with Gasteiger partial charge in [0.2, 0.25) is 5.91 Å². The minimum atomic E-state index is 0. The van der Waals surface area contributed by atoms with E-state index in [1.54, 1.807) is 13.1 Å². The topological polar surface area (TPSA) is 80.5 Å². The molecular formula is C23H28IN5O. The Morgan fingerprint density at radius 1 is 1.17 bits per heavy atom. The number of carbonyl (C=O) groups is 1. The number of nitrogens with one attached hydrogen (secondary N) is 2. The largest absolute Gasteiger partial charge is 0.356 e. The van der Waals surface area contributed by atoms with Crippen molar-refractivity contribution in [2.24, 2.45) is 10.9 Å². The maximum absolute atomic E-state index is 12.3. The highest BCUT2D eigenvalue weighted by molar-refractivity contribution is 14.0. The first kappa shape index (κ1) is 23.7. The predicted molar refractivity (Wildman–Crippen MR) is 130 cm³/mol. The van der Waals surface area contributed by atoms with E-state index < -0.39 is 0 Å². The molecule has 30 heavy (non-hydrogen) atoms. The van der Waals surface area contributed by atoms with Crippen LogP contribution in [0.25, 0.3) is 0 Å². The molecule has 1 amide bonds. The molecule has 0 spiro atoms. The summed E-state index contributed by atoms with van der Waals surface area (Å²) in [6.45, 7) is 2.83. The standard InChI is InChI=1S/C23H27N5O.HI/c1-25-23(26-15-20-9-5-8-19(12-20)14-24)27-16-21-13-22(29)28(17-21)11-10-18-6-3-2-4-7-18;/h2-9,12,21H,10-11,13,15-17H2,1H3,(H2,25,26,27);1H. The molecule has 1 atom stereocenters. The Hall–Kier alpha value is -2.60. The van der Waals surface area contributed by atoms with Crippen LogP contribution in [-0.4, -0.2) is 43.4 Å². The fraction of sp³-hybridized carbons (Fsp3) is 0.348. The highest BCUT2D eigenvalue weighted by Crippen LogP contribution is 2.17. The first-order valence-corrected chi connectivity index (χ1v) is 9.93. The molecule has 2 aromatic rings. The summed E-state index contributed by atoms with van der Waals surface area (Å²) >= 11 is 0. The van der Waals surface area contributed by atoms with Crippen LogP contribution in [0.5, 0.6) is 0 Å². The monoisotopic (exact) mass is 517 g/mol. The van der Waals surface area contributed by atoms with E-state index in [0.29, 0.717) is 31.0 Å². The summed E-state index contributed by atoms with van der Waals surface area (Å²) in [6.07, 6.45) is 1.46. The van der Waals surface area contributed by atoms with Gasteiger partial charge in [0, 0.05) is 45.6 Å². The van der Waals surface area contributed by atoms with Crippen molar-refractivity contribution in [1.29, 1.82) is 5.26 Å². The van der Waals surface area contributed by atoms with Gasteiger partial charge in [-0.3, -0.25) is 9.79 Å².